The van der Waals surface area contributed by atoms with Gasteiger partial charge in [0.2, 0.25) is 0 Å². The second kappa shape index (κ2) is 2.89. The highest BCUT2D eigenvalue weighted by Gasteiger charge is 2.22. The number of aliphatic carboxylic acids is 1. The van der Waals surface area contributed by atoms with Crippen molar-refractivity contribution in [3.05, 3.63) is 12.2 Å². The van der Waals surface area contributed by atoms with Gasteiger partial charge in [-0.25, -0.2) is 5.01 Å². The summed E-state index contributed by atoms with van der Waals surface area (Å²) in [4.78, 5) is 10.4. The zero-order chi connectivity index (χ0) is 9.26. The number of rotatable bonds is 2. The molecule has 2 aliphatic heterocycles. The van der Waals surface area contributed by atoms with Gasteiger partial charge in [0.05, 0.1) is 0 Å². The van der Waals surface area contributed by atoms with Gasteiger partial charge in [0.15, 0.2) is 5.84 Å². The molecule has 0 bridgehead atoms. The molecule has 13 heavy (non-hydrogen) atoms. The van der Waals surface area contributed by atoms with Crippen molar-refractivity contribution in [1.82, 2.24) is 10.0 Å². The molecule has 68 valence electrons. The third-order valence-electron chi connectivity index (χ3n) is 1.66. The zero-order valence-electron chi connectivity index (χ0n) is 6.79. The second-order valence-corrected chi connectivity index (χ2v) is 2.68. The molecule has 6 heteroatoms. The summed E-state index contributed by atoms with van der Waals surface area (Å²) < 4.78 is 0. The van der Waals surface area contributed by atoms with Crippen molar-refractivity contribution in [3.8, 4) is 0 Å². The Labute approximate surface area is 74.4 Å². The lowest BCUT2D eigenvalue weighted by Gasteiger charge is -2.14. The number of carbonyl (C=O) groups is 1. The zero-order valence-corrected chi connectivity index (χ0v) is 6.79. The minimum atomic E-state index is -0.892. The Balaban J connectivity index is 2.07. The van der Waals surface area contributed by atoms with Crippen LogP contribution in [0.1, 0.15) is 0 Å². The van der Waals surface area contributed by atoms with E-state index in [0.717, 1.165) is 0 Å². The Morgan fingerprint density at radius 2 is 2.54 bits per heavy atom. The monoisotopic (exact) mass is 180 g/mol. The lowest BCUT2D eigenvalue weighted by molar-refractivity contribution is -0.138. The molecule has 0 saturated carbocycles. The van der Waals surface area contributed by atoms with Gasteiger partial charge in [0, 0.05) is 6.21 Å². The SMILES string of the molecule is O=C(O)CN1CN2N=CC=CC2=N1. The maximum Gasteiger partial charge on any atom is 0.324 e. The molecule has 0 saturated heterocycles. The van der Waals surface area contributed by atoms with Crippen LogP contribution in [-0.2, 0) is 4.79 Å². The van der Waals surface area contributed by atoms with Crippen LogP contribution in [0.25, 0.3) is 0 Å². The molecule has 1 N–H and O–H groups in total. The number of hydrazone groups is 2. The van der Waals surface area contributed by atoms with Crippen molar-refractivity contribution in [2.45, 2.75) is 0 Å². The minimum absolute atomic E-state index is 0.0939. The quantitative estimate of drug-likeness (QED) is 0.623. The first kappa shape index (κ1) is 7.78. The molecule has 0 aliphatic carbocycles. The first-order valence-corrected chi connectivity index (χ1v) is 3.79. The molecular weight excluding hydrogens is 172 g/mol. The molecule has 6 nitrogen and oxygen atoms in total. The fraction of sp³-hybridized carbons (Fsp3) is 0.286. The van der Waals surface area contributed by atoms with Crippen LogP contribution in [0.5, 0.6) is 0 Å². The van der Waals surface area contributed by atoms with E-state index in [2.05, 4.69) is 10.2 Å². The maximum absolute atomic E-state index is 10.4. The number of amidine groups is 1. The van der Waals surface area contributed by atoms with Crippen LogP contribution < -0.4 is 0 Å². The average molecular weight is 180 g/mol. The highest BCUT2D eigenvalue weighted by atomic mass is 16.4. The van der Waals surface area contributed by atoms with E-state index < -0.39 is 5.97 Å². The van der Waals surface area contributed by atoms with Crippen molar-refractivity contribution < 1.29 is 9.90 Å². The van der Waals surface area contributed by atoms with E-state index in [4.69, 9.17) is 5.11 Å². The summed E-state index contributed by atoms with van der Waals surface area (Å²) in [6.07, 6.45) is 5.19. The largest absolute Gasteiger partial charge is 0.480 e. The molecule has 0 aromatic rings. The first-order valence-electron chi connectivity index (χ1n) is 3.79. The van der Waals surface area contributed by atoms with Crippen molar-refractivity contribution in [2.24, 2.45) is 10.2 Å². The molecule has 0 spiro atoms. The number of hydrogen-bond acceptors (Lipinski definition) is 5. The van der Waals surface area contributed by atoms with Crippen LogP contribution in [0.4, 0.5) is 0 Å². The number of allylic oxidation sites excluding steroid dienone is 1. The van der Waals surface area contributed by atoms with Crippen LogP contribution in [0.3, 0.4) is 0 Å². The van der Waals surface area contributed by atoms with Gasteiger partial charge in [0.1, 0.15) is 13.2 Å². The van der Waals surface area contributed by atoms with Crippen LogP contribution in [0.2, 0.25) is 0 Å². The van der Waals surface area contributed by atoms with Crippen molar-refractivity contribution >= 4 is 18.0 Å². The highest BCUT2D eigenvalue weighted by molar-refractivity contribution is 5.99. The summed E-state index contributed by atoms with van der Waals surface area (Å²) in [6, 6.07) is 0. The van der Waals surface area contributed by atoms with E-state index in [-0.39, 0.29) is 6.54 Å². The number of hydrogen-bond donors (Lipinski definition) is 1. The second-order valence-electron chi connectivity index (χ2n) is 2.68. The van der Waals surface area contributed by atoms with Crippen molar-refractivity contribution in [1.29, 1.82) is 0 Å². The molecule has 0 atom stereocenters. The summed E-state index contributed by atoms with van der Waals surface area (Å²) in [7, 11) is 0. The standard InChI is InChI=1S/C7H8N4O2/c12-7(13)4-10-5-11-6(9-10)2-1-3-8-11/h1-3H,4-5H2,(H,12,13). The molecule has 0 fully saturated rings. The Kier molecular flexibility index (Phi) is 1.73. The Morgan fingerprint density at radius 1 is 1.69 bits per heavy atom. The van der Waals surface area contributed by atoms with E-state index in [1.54, 1.807) is 23.4 Å². The highest BCUT2D eigenvalue weighted by Crippen LogP contribution is 2.10. The van der Waals surface area contributed by atoms with Gasteiger partial charge in [-0.05, 0) is 12.2 Å². The van der Waals surface area contributed by atoms with Crippen LogP contribution in [0.15, 0.2) is 22.4 Å². The predicted octanol–water partition coefficient (Wildman–Crippen LogP) is -0.485. The molecule has 2 heterocycles. The fourth-order valence-electron chi connectivity index (χ4n) is 1.16. The Morgan fingerprint density at radius 3 is 3.23 bits per heavy atom. The van der Waals surface area contributed by atoms with Gasteiger partial charge < -0.3 is 5.11 Å². The van der Waals surface area contributed by atoms with Gasteiger partial charge in [-0.3, -0.25) is 9.80 Å². The predicted molar refractivity (Wildman–Crippen MR) is 46.1 cm³/mol. The van der Waals surface area contributed by atoms with Crippen LogP contribution >= 0.6 is 0 Å². The molecule has 2 rings (SSSR count). The summed E-state index contributed by atoms with van der Waals surface area (Å²) in [5.41, 5.74) is 0. The molecule has 0 radical (unpaired) electrons. The Hall–Kier alpha value is -1.85. The van der Waals surface area contributed by atoms with E-state index in [1.165, 1.54) is 5.01 Å². The smallest absolute Gasteiger partial charge is 0.324 e. The Bertz CT molecular complexity index is 320. The third-order valence-corrected chi connectivity index (χ3v) is 1.66. The number of carboxylic acids is 1. The summed E-state index contributed by atoms with van der Waals surface area (Å²) >= 11 is 0. The first-order chi connectivity index (χ1) is 6.25. The van der Waals surface area contributed by atoms with Crippen molar-refractivity contribution in [3.63, 3.8) is 0 Å². The summed E-state index contributed by atoms with van der Waals surface area (Å²) in [5.74, 6) is -0.207. The van der Waals surface area contributed by atoms with E-state index in [0.29, 0.717) is 12.5 Å². The minimum Gasteiger partial charge on any atom is -0.480 e. The van der Waals surface area contributed by atoms with Gasteiger partial charge in [-0.15, -0.1) is 0 Å². The van der Waals surface area contributed by atoms with Crippen LogP contribution in [-0.4, -0.2) is 46.4 Å². The van der Waals surface area contributed by atoms with E-state index in [9.17, 15) is 4.79 Å². The summed E-state index contributed by atoms with van der Waals surface area (Å²) in [5, 5.41) is 19.7. The molecule has 0 amide bonds. The fourth-order valence-corrected chi connectivity index (χ4v) is 1.16. The average Bonchev–Trinajstić information content (AvgIpc) is 2.44. The topological polar surface area (TPSA) is 68.5 Å². The van der Waals surface area contributed by atoms with Gasteiger partial charge in [-0.1, -0.05) is 0 Å². The molecule has 0 aromatic heterocycles. The van der Waals surface area contributed by atoms with E-state index in [1.807, 2.05) is 0 Å². The lowest BCUT2D eigenvalue weighted by Crippen LogP contribution is -2.29. The molecule has 2 aliphatic rings. The number of nitrogens with zero attached hydrogens (tertiary/aromatic N) is 4. The van der Waals surface area contributed by atoms with Gasteiger partial charge in [-0.2, -0.15) is 10.2 Å². The molecular formula is C7H8N4O2. The van der Waals surface area contributed by atoms with Crippen molar-refractivity contribution in [2.75, 3.05) is 13.2 Å². The molecule has 0 aromatic carbocycles. The van der Waals surface area contributed by atoms with Crippen LogP contribution in [0, 0.1) is 0 Å². The molecule has 0 unspecified atom stereocenters. The third kappa shape index (κ3) is 1.51. The number of carboxylic acid groups (broad SMARTS) is 1. The van der Waals surface area contributed by atoms with Gasteiger partial charge in [0.25, 0.3) is 0 Å². The normalized spacial score (nSPS) is 18.9. The summed E-state index contributed by atoms with van der Waals surface area (Å²) in [6.45, 7) is 0.311. The number of fused-ring (bicyclic) bond motifs is 1. The maximum atomic E-state index is 10.4. The lowest BCUT2D eigenvalue weighted by atomic mass is 10.4. The van der Waals surface area contributed by atoms with Gasteiger partial charge >= 0.3 is 5.97 Å². The van der Waals surface area contributed by atoms with E-state index >= 15 is 0 Å².